The van der Waals surface area contributed by atoms with Crippen LogP contribution in [0.2, 0.25) is 0 Å². The first-order valence-corrected chi connectivity index (χ1v) is 8.85. The smallest absolute Gasteiger partial charge is 0.303 e. The van der Waals surface area contributed by atoms with Gasteiger partial charge in [0.1, 0.15) is 10.6 Å². The third-order valence-corrected chi connectivity index (χ3v) is 4.23. The number of carboxylic acid groups (broad SMARTS) is 1. The fourth-order valence-electron chi connectivity index (χ4n) is 2.18. The summed E-state index contributed by atoms with van der Waals surface area (Å²) in [5.41, 5.74) is 2.94. The molecule has 134 valence electrons. The van der Waals surface area contributed by atoms with Gasteiger partial charge in [0.05, 0.1) is 17.8 Å². The third kappa shape index (κ3) is 5.56. The molecule has 0 fully saturated rings. The molecule has 1 aromatic carbocycles. The van der Waals surface area contributed by atoms with Gasteiger partial charge in [0.2, 0.25) is 0 Å². The molecule has 0 spiro atoms. The fraction of sp³-hybridized carbons (Fsp3) is 0.389. The molecule has 0 atom stereocenters. The Morgan fingerprint density at radius 3 is 2.52 bits per heavy atom. The average Bonchev–Trinajstić information content (AvgIpc) is 3.03. The monoisotopic (exact) mass is 362 g/mol. The maximum absolute atomic E-state index is 12.5. The lowest BCUT2D eigenvalue weighted by Crippen LogP contribution is -2.19. The van der Waals surface area contributed by atoms with Crippen LogP contribution in [0.5, 0.6) is 5.75 Å². The van der Waals surface area contributed by atoms with Crippen LogP contribution in [0.1, 0.15) is 49.0 Å². The van der Waals surface area contributed by atoms with Gasteiger partial charge in [0.15, 0.2) is 0 Å². The molecular weight excluding hydrogens is 340 g/mol. The molecule has 0 saturated heterocycles. The first-order chi connectivity index (χ1) is 11.8. The van der Waals surface area contributed by atoms with Crippen LogP contribution in [0, 0.1) is 0 Å². The molecular formula is C18H22N2O4S. The second kappa shape index (κ2) is 8.11. The van der Waals surface area contributed by atoms with Crippen LogP contribution < -0.4 is 10.1 Å². The van der Waals surface area contributed by atoms with E-state index in [1.807, 2.05) is 20.8 Å². The number of carboxylic acids is 1. The van der Waals surface area contributed by atoms with Crippen molar-refractivity contribution in [2.24, 2.45) is 0 Å². The normalized spacial score (nSPS) is 11.2. The van der Waals surface area contributed by atoms with Crippen LogP contribution in [0.4, 0.5) is 5.69 Å². The Bertz CT molecular complexity index is 732. The Hall–Kier alpha value is -2.41. The molecule has 0 saturated carbocycles. The maximum Gasteiger partial charge on any atom is 0.303 e. The molecule has 1 heterocycles. The molecule has 0 radical (unpaired) electrons. The molecule has 0 aliphatic carbocycles. The van der Waals surface area contributed by atoms with Crippen LogP contribution in [-0.4, -0.2) is 28.6 Å². The topological polar surface area (TPSA) is 88.5 Å². The number of hydrogen-bond donors (Lipinski definition) is 2. The van der Waals surface area contributed by atoms with Crippen LogP contribution >= 0.6 is 11.3 Å². The molecule has 0 bridgehead atoms. The Morgan fingerprint density at radius 1 is 1.24 bits per heavy atom. The van der Waals surface area contributed by atoms with E-state index < -0.39 is 5.97 Å². The van der Waals surface area contributed by atoms with Gasteiger partial charge in [-0.1, -0.05) is 20.8 Å². The lowest BCUT2D eigenvalue weighted by atomic mass is 9.91. The molecule has 2 aromatic rings. The van der Waals surface area contributed by atoms with E-state index in [0.717, 1.165) is 5.69 Å². The molecule has 2 rings (SSSR count). The van der Waals surface area contributed by atoms with E-state index in [1.54, 1.807) is 29.8 Å². The first kappa shape index (κ1) is 18.9. The summed E-state index contributed by atoms with van der Waals surface area (Å²) >= 11 is 1.33. The van der Waals surface area contributed by atoms with Gasteiger partial charge >= 0.3 is 5.97 Å². The Morgan fingerprint density at radius 2 is 1.92 bits per heavy atom. The zero-order chi connectivity index (χ0) is 18.4. The number of aliphatic carboxylic acids is 1. The van der Waals surface area contributed by atoms with E-state index in [0.29, 0.717) is 29.3 Å². The third-order valence-electron chi connectivity index (χ3n) is 3.40. The highest BCUT2D eigenvalue weighted by Gasteiger charge is 2.24. The van der Waals surface area contributed by atoms with Crippen molar-refractivity contribution in [2.75, 3.05) is 11.9 Å². The number of amides is 1. The minimum absolute atomic E-state index is 0.0824. The summed E-state index contributed by atoms with van der Waals surface area (Å²) in [5, 5.41) is 11.4. The fourth-order valence-corrected chi connectivity index (χ4v) is 3.07. The summed E-state index contributed by atoms with van der Waals surface area (Å²) in [6.07, 6.45) is 0.536. The van der Waals surface area contributed by atoms with Gasteiger partial charge in [0, 0.05) is 17.5 Å². The van der Waals surface area contributed by atoms with Crippen LogP contribution in [0.3, 0.4) is 0 Å². The number of carbonyl (C=O) groups is 2. The van der Waals surface area contributed by atoms with Crippen molar-refractivity contribution < 1.29 is 19.4 Å². The highest BCUT2D eigenvalue weighted by molar-refractivity contribution is 7.12. The molecule has 0 aliphatic rings. The predicted molar refractivity (Wildman–Crippen MR) is 97.6 cm³/mol. The standard InChI is InChI=1S/C18H22N2O4S/c1-18(2,3)16-15(25-11-19-16)17(23)20-12-6-8-13(9-7-12)24-10-4-5-14(21)22/h6-9,11H,4-5,10H2,1-3H3,(H,20,23)(H,21,22). The number of aromatic nitrogens is 1. The first-order valence-electron chi connectivity index (χ1n) is 7.97. The Balaban J connectivity index is 1.94. The predicted octanol–water partition coefficient (Wildman–Crippen LogP) is 3.94. The molecule has 7 heteroatoms. The minimum Gasteiger partial charge on any atom is -0.494 e. The quantitative estimate of drug-likeness (QED) is 0.729. The zero-order valence-corrected chi connectivity index (χ0v) is 15.4. The number of anilines is 1. The largest absolute Gasteiger partial charge is 0.494 e. The van der Waals surface area contributed by atoms with Gasteiger partial charge < -0.3 is 15.2 Å². The summed E-state index contributed by atoms with van der Waals surface area (Å²) in [6, 6.07) is 6.99. The average molecular weight is 362 g/mol. The lowest BCUT2D eigenvalue weighted by molar-refractivity contribution is -0.137. The molecule has 1 amide bonds. The summed E-state index contributed by atoms with van der Waals surface area (Å²) in [5.74, 6) is -0.376. The summed E-state index contributed by atoms with van der Waals surface area (Å²) in [6.45, 7) is 6.41. The van der Waals surface area contributed by atoms with Gasteiger partial charge in [-0.05, 0) is 30.7 Å². The van der Waals surface area contributed by atoms with Crippen LogP contribution in [-0.2, 0) is 10.2 Å². The molecule has 6 nitrogen and oxygen atoms in total. The van der Waals surface area contributed by atoms with Crippen LogP contribution in [0.25, 0.3) is 0 Å². The SMILES string of the molecule is CC(C)(C)c1ncsc1C(=O)Nc1ccc(OCCCC(=O)O)cc1. The van der Waals surface area contributed by atoms with Crippen LogP contribution in [0.15, 0.2) is 29.8 Å². The van der Waals surface area contributed by atoms with E-state index in [2.05, 4.69) is 10.3 Å². The molecule has 25 heavy (non-hydrogen) atoms. The highest BCUT2D eigenvalue weighted by atomic mass is 32.1. The number of rotatable bonds is 7. The molecule has 0 unspecified atom stereocenters. The molecule has 2 N–H and O–H groups in total. The molecule has 1 aromatic heterocycles. The van der Waals surface area contributed by atoms with Crippen molar-refractivity contribution >= 4 is 28.9 Å². The van der Waals surface area contributed by atoms with Crippen molar-refractivity contribution in [2.45, 2.75) is 39.0 Å². The van der Waals surface area contributed by atoms with E-state index in [1.165, 1.54) is 11.3 Å². The van der Waals surface area contributed by atoms with Crippen molar-refractivity contribution in [1.29, 1.82) is 0 Å². The van der Waals surface area contributed by atoms with E-state index in [9.17, 15) is 9.59 Å². The summed E-state index contributed by atoms with van der Waals surface area (Å²) in [4.78, 5) is 27.8. The van der Waals surface area contributed by atoms with Crippen molar-refractivity contribution in [3.63, 3.8) is 0 Å². The minimum atomic E-state index is -0.834. The van der Waals surface area contributed by atoms with Gasteiger partial charge in [0.25, 0.3) is 5.91 Å². The van der Waals surface area contributed by atoms with Gasteiger partial charge in [-0.15, -0.1) is 11.3 Å². The number of ether oxygens (including phenoxy) is 1. The lowest BCUT2D eigenvalue weighted by Gasteiger charge is -2.17. The highest BCUT2D eigenvalue weighted by Crippen LogP contribution is 2.28. The number of thiazole rings is 1. The summed E-state index contributed by atoms with van der Waals surface area (Å²) in [7, 11) is 0. The van der Waals surface area contributed by atoms with E-state index >= 15 is 0 Å². The van der Waals surface area contributed by atoms with Crippen molar-refractivity contribution in [3.05, 3.63) is 40.3 Å². The van der Waals surface area contributed by atoms with Gasteiger partial charge in [-0.3, -0.25) is 9.59 Å². The van der Waals surface area contributed by atoms with Crippen molar-refractivity contribution in [3.8, 4) is 5.75 Å². The number of nitrogens with zero attached hydrogens (tertiary/aromatic N) is 1. The van der Waals surface area contributed by atoms with E-state index in [4.69, 9.17) is 9.84 Å². The number of nitrogens with one attached hydrogen (secondary N) is 1. The number of hydrogen-bond acceptors (Lipinski definition) is 5. The number of carbonyl (C=O) groups excluding carboxylic acids is 1. The van der Waals surface area contributed by atoms with Gasteiger partial charge in [-0.2, -0.15) is 0 Å². The van der Waals surface area contributed by atoms with E-state index in [-0.39, 0.29) is 17.7 Å². The second-order valence-electron chi connectivity index (χ2n) is 6.60. The second-order valence-corrected chi connectivity index (χ2v) is 7.46. The van der Waals surface area contributed by atoms with Crippen molar-refractivity contribution in [1.82, 2.24) is 4.98 Å². The zero-order valence-electron chi connectivity index (χ0n) is 14.5. The molecule has 0 aliphatic heterocycles. The summed E-state index contributed by atoms with van der Waals surface area (Å²) < 4.78 is 5.47. The maximum atomic E-state index is 12.5. The van der Waals surface area contributed by atoms with Gasteiger partial charge in [-0.25, -0.2) is 4.98 Å². The Kier molecular flexibility index (Phi) is 6.14. The Labute approximate surface area is 150 Å². The number of benzene rings is 1.